The van der Waals surface area contributed by atoms with Gasteiger partial charge in [0.05, 0.1) is 5.60 Å². The maximum atomic E-state index is 5.67. The minimum absolute atomic E-state index is 0.0124. The van der Waals surface area contributed by atoms with E-state index in [0.717, 1.165) is 13.0 Å². The van der Waals surface area contributed by atoms with Crippen molar-refractivity contribution in [3.05, 3.63) is 0 Å². The van der Waals surface area contributed by atoms with Gasteiger partial charge in [0.2, 0.25) is 0 Å². The van der Waals surface area contributed by atoms with Crippen molar-refractivity contribution in [1.82, 2.24) is 5.32 Å². The molecule has 0 aliphatic heterocycles. The van der Waals surface area contributed by atoms with Gasteiger partial charge in [-0.05, 0) is 54.9 Å². The Balaban J connectivity index is 3.60. The molecule has 0 aromatic heterocycles. The zero-order valence-electron chi connectivity index (χ0n) is 10.9. The zero-order chi connectivity index (χ0) is 11.4. The van der Waals surface area contributed by atoms with E-state index in [2.05, 4.69) is 53.8 Å². The second-order valence-electron chi connectivity index (χ2n) is 6.04. The van der Waals surface area contributed by atoms with Crippen LogP contribution < -0.4 is 5.32 Å². The minimum atomic E-state index is -0.0124. The lowest BCUT2D eigenvalue weighted by molar-refractivity contribution is -0.00724. The highest BCUT2D eigenvalue weighted by Gasteiger charge is 2.15. The van der Waals surface area contributed by atoms with Gasteiger partial charge >= 0.3 is 0 Å². The molecule has 0 rings (SSSR count). The molecule has 1 N–H and O–H groups in total. The number of ether oxygens (including phenoxy) is 1. The third kappa shape index (κ3) is 10.0. The molecule has 0 saturated heterocycles. The minimum Gasteiger partial charge on any atom is -0.376 e. The Bertz CT molecular complexity index is 153. The fourth-order valence-electron chi connectivity index (χ4n) is 1.35. The number of nitrogens with one attached hydrogen (secondary N) is 1. The Morgan fingerprint density at radius 3 is 1.93 bits per heavy atom. The van der Waals surface area contributed by atoms with Crippen LogP contribution in [-0.2, 0) is 4.74 Å². The summed E-state index contributed by atoms with van der Waals surface area (Å²) in [6.45, 7) is 15.9. The van der Waals surface area contributed by atoms with E-state index >= 15 is 0 Å². The van der Waals surface area contributed by atoms with E-state index < -0.39 is 0 Å². The maximum Gasteiger partial charge on any atom is 0.0598 e. The van der Waals surface area contributed by atoms with Crippen molar-refractivity contribution in [3.63, 3.8) is 0 Å². The second-order valence-corrected chi connectivity index (χ2v) is 6.04. The predicted molar refractivity (Wildman–Crippen MR) is 62.7 cm³/mol. The van der Waals surface area contributed by atoms with Gasteiger partial charge in [0.15, 0.2) is 0 Å². The van der Waals surface area contributed by atoms with Gasteiger partial charge in [-0.1, -0.05) is 0 Å². The number of hydrogen-bond donors (Lipinski definition) is 1. The summed E-state index contributed by atoms with van der Waals surface area (Å²) in [6.07, 6.45) is 1.06. The van der Waals surface area contributed by atoms with Crippen molar-refractivity contribution in [3.8, 4) is 0 Å². The molecule has 0 fully saturated rings. The molecule has 0 aromatic rings. The first kappa shape index (κ1) is 13.9. The monoisotopic (exact) mass is 201 g/mol. The van der Waals surface area contributed by atoms with Gasteiger partial charge in [0.1, 0.15) is 0 Å². The van der Waals surface area contributed by atoms with Crippen molar-refractivity contribution >= 4 is 0 Å². The number of rotatable bonds is 4. The lowest BCUT2D eigenvalue weighted by atomic mass is 10.1. The van der Waals surface area contributed by atoms with E-state index in [1.54, 1.807) is 0 Å². The van der Waals surface area contributed by atoms with Crippen molar-refractivity contribution < 1.29 is 4.74 Å². The van der Waals surface area contributed by atoms with E-state index in [0.29, 0.717) is 6.04 Å². The molecule has 0 aromatic carbocycles. The molecule has 0 bridgehead atoms. The fourth-order valence-corrected chi connectivity index (χ4v) is 1.35. The molecular formula is C12H27NO. The van der Waals surface area contributed by atoms with Crippen LogP contribution in [0.2, 0.25) is 0 Å². The highest BCUT2D eigenvalue weighted by molar-refractivity contribution is 4.75. The normalized spacial score (nSPS) is 15.6. The van der Waals surface area contributed by atoms with E-state index in [1.807, 2.05) is 0 Å². The molecule has 0 aliphatic carbocycles. The molecule has 0 spiro atoms. The highest BCUT2D eigenvalue weighted by Crippen LogP contribution is 2.09. The summed E-state index contributed by atoms with van der Waals surface area (Å²) in [5, 5.41) is 3.53. The van der Waals surface area contributed by atoms with E-state index in [9.17, 15) is 0 Å². The van der Waals surface area contributed by atoms with Crippen LogP contribution in [0.5, 0.6) is 0 Å². The topological polar surface area (TPSA) is 21.3 Å². The first-order valence-electron chi connectivity index (χ1n) is 5.52. The molecule has 2 heteroatoms. The average Bonchev–Trinajstić information content (AvgIpc) is 1.78. The van der Waals surface area contributed by atoms with Gasteiger partial charge in [-0.3, -0.25) is 0 Å². The first-order chi connectivity index (χ1) is 6.10. The molecule has 0 radical (unpaired) electrons. The predicted octanol–water partition coefficient (Wildman–Crippen LogP) is 2.97. The van der Waals surface area contributed by atoms with Crippen LogP contribution >= 0.6 is 0 Å². The Labute approximate surface area is 89.4 Å². The van der Waals surface area contributed by atoms with Crippen LogP contribution in [0.25, 0.3) is 0 Å². The summed E-state index contributed by atoms with van der Waals surface area (Å²) >= 11 is 0. The Hall–Kier alpha value is -0.0800. The average molecular weight is 201 g/mol. The number of hydrogen-bond acceptors (Lipinski definition) is 2. The van der Waals surface area contributed by atoms with Crippen LogP contribution in [-0.4, -0.2) is 23.8 Å². The quantitative estimate of drug-likeness (QED) is 0.755. The highest BCUT2D eigenvalue weighted by atomic mass is 16.5. The molecule has 0 amide bonds. The van der Waals surface area contributed by atoms with E-state index in [4.69, 9.17) is 4.74 Å². The third-order valence-electron chi connectivity index (χ3n) is 1.77. The standard InChI is InChI=1S/C12H27NO/c1-10(13-11(2,3)4)8-9-14-12(5,6)7/h10,13H,8-9H2,1-7H3. The molecule has 1 atom stereocenters. The molecule has 0 aliphatic rings. The maximum absolute atomic E-state index is 5.67. The van der Waals surface area contributed by atoms with Crippen LogP contribution in [0.15, 0.2) is 0 Å². The van der Waals surface area contributed by atoms with Crippen LogP contribution in [0, 0.1) is 0 Å². The van der Waals surface area contributed by atoms with Crippen molar-refractivity contribution in [2.45, 2.75) is 72.1 Å². The van der Waals surface area contributed by atoms with Gasteiger partial charge in [0, 0.05) is 18.2 Å². The van der Waals surface area contributed by atoms with Crippen LogP contribution in [0.4, 0.5) is 0 Å². The lowest BCUT2D eigenvalue weighted by Crippen LogP contribution is -2.42. The summed E-state index contributed by atoms with van der Waals surface area (Å²) < 4.78 is 5.67. The molecule has 86 valence electrons. The van der Waals surface area contributed by atoms with Crippen molar-refractivity contribution in [1.29, 1.82) is 0 Å². The smallest absolute Gasteiger partial charge is 0.0598 e. The van der Waals surface area contributed by atoms with Gasteiger partial charge < -0.3 is 10.1 Å². The molecule has 2 nitrogen and oxygen atoms in total. The lowest BCUT2D eigenvalue weighted by Gasteiger charge is -2.27. The van der Waals surface area contributed by atoms with Gasteiger partial charge in [-0.2, -0.15) is 0 Å². The van der Waals surface area contributed by atoms with Gasteiger partial charge in [-0.25, -0.2) is 0 Å². The summed E-state index contributed by atoms with van der Waals surface area (Å²) in [5.41, 5.74) is 0.183. The van der Waals surface area contributed by atoms with Crippen molar-refractivity contribution in [2.75, 3.05) is 6.61 Å². The van der Waals surface area contributed by atoms with E-state index in [-0.39, 0.29) is 11.1 Å². The summed E-state index contributed by atoms with van der Waals surface area (Å²) in [5.74, 6) is 0. The first-order valence-corrected chi connectivity index (χ1v) is 5.52. The molecule has 1 unspecified atom stereocenters. The summed E-state index contributed by atoms with van der Waals surface area (Å²) in [6, 6.07) is 0.511. The zero-order valence-corrected chi connectivity index (χ0v) is 10.9. The summed E-state index contributed by atoms with van der Waals surface area (Å²) in [7, 11) is 0. The fraction of sp³-hybridized carbons (Fsp3) is 1.00. The molecular weight excluding hydrogens is 174 g/mol. The Kier molecular flexibility index (Phi) is 5.10. The van der Waals surface area contributed by atoms with Crippen LogP contribution in [0.3, 0.4) is 0 Å². The molecule has 14 heavy (non-hydrogen) atoms. The molecule has 0 saturated carbocycles. The molecule has 0 heterocycles. The Morgan fingerprint density at radius 2 is 1.57 bits per heavy atom. The van der Waals surface area contributed by atoms with Crippen LogP contribution in [0.1, 0.15) is 54.9 Å². The third-order valence-corrected chi connectivity index (χ3v) is 1.77. The van der Waals surface area contributed by atoms with E-state index in [1.165, 1.54) is 0 Å². The van der Waals surface area contributed by atoms with Gasteiger partial charge in [-0.15, -0.1) is 0 Å². The van der Waals surface area contributed by atoms with Crippen molar-refractivity contribution in [2.24, 2.45) is 0 Å². The second kappa shape index (κ2) is 5.13. The largest absolute Gasteiger partial charge is 0.376 e. The van der Waals surface area contributed by atoms with Gasteiger partial charge in [0.25, 0.3) is 0 Å². The Morgan fingerprint density at radius 1 is 1.07 bits per heavy atom. The summed E-state index contributed by atoms with van der Waals surface area (Å²) in [4.78, 5) is 0. The SMILES string of the molecule is CC(CCOC(C)(C)C)NC(C)(C)C.